The lowest BCUT2D eigenvalue weighted by Gasteiger charge is -2.33. The van der Waals surface area contributed by atoms with Gasteiger partial charge in [0.15, 0.2) is 0 Å². The first-order valence-electron chi connectivity index (χ1n) is 8.95. The molecule has 0 radical (unpaired) electrons. The molecule has 0 aliphatic carbocycles. The molecule has 0 bridgehead atoms. The zero-order chi connectivity index (χ0) is 21.2. The van der Waals surface area contributed by atoms with E-state index in [1.54, 1.807) is 6.07 Å². The fraction of sp³-hybridized carbons (Fsp3) is 0.350. The normalized spacial score (nSPS) is 16.0. The number of likely N-dealkylation sites (tertiary alicyclic amines) is 1. The van der Waals surface area contributed by atoms with Crippen LogP contribution in [-0.2, 0) is 12.4 Å². The first-order chi connectivity index (χ1) is 13.6. The molecule has 0 aromatic heterocycles. The van der Waals surface area contributed by atoms with Gasteiger partial charge in [0.1, 0.15) is 0 Å². The van der Waals surface area contributed by atoms with Crippen LogP contribution in [0.15, 0.2) is 48.5 Å². The molecule has 0 spiro atoms. The maximum Gasteiger partial charge on any atom is 0.416 e. The van der Waals surface area contributed by atoms with E-state index < -0.39 is 29.5 Å². The van der Waals surface area contributed by atoms with Crippen molar-refractivity contribution < 1.29 is 31.1 Å². The van der Waals surface area contributed by atoms with Crippen LogP contribution in [0.4, 0.5) is 36.8 Å². The van der Waals surface area contributed by atoms with E-state index in [-0.39, 0.29) is 30.3 Å². The Morgan fingerprint density at radius 3 is 2.00 bits per heavy atom. The summed E-state index contributed by atoms with van der Waals surface area (Å²) in [5.74, 6) is -0.317. The Morgan fingerprint density at radius 1 is 0.862 bits per heavy atom. The first-order valence-corrected chi connectivity index (χ1v) is 8.95. The third-order valence-corrected chi connectivity index (χ3v) is 4.95. The summed E-state index contributed by atoms with van der Waals surface area (Å²) in [5.41, 5.74) is -1.04. The fourth-order valence-electron chi connectivity index (χ4n) is 3.45. The number of urea groups is 1. The quantitative estimate of drug-likeness (QED) is 0.587. The van der Waals surface area contributed by atoms with Crippen molar-refractivity contribution in [3.8, 4) is 0 Å². The first kappa shape index (κ1) is 21.0. The minimum atomic E-state index is -4.46. The molecule has 9 heteroatoms. The Balaban J connectivity index is 1.61. The van der Waals surface area contributed by atoms with E-state index in [0.717, 1.165) is 30.3 Å². The average molecular weight is 416 g/mol. The molecule has 1 heterocycles. The third-order valence-electron chi connectivity index (χ3n) is 4.95. The minimum absolute atomic E-state index is 0.215. The van der Waals surface area contributed by atoms with E-state index in [4.69, 9.17) is 0 Å². The average Bonchev–Trinajstić information content (AvgIpc) is 2.67. The van der Waals surface area contributed by atoms with Gasteiger partial charge in [-0.1, -0.05) is 18.2 Å². The Hall–Kier alpha value is -2.71. The summed E-state index contributed by atoms with van der Waals surface area (Å²) < 4.78 is 77.4. The van der Waals surface area contributed by atoms with Gasteiger partial charge in [0.05, 0.1) is 11.1 Å². The zero-order valence-corrected chi connectivity index (χ0v) is 15.1. The molecule has 2 aromatic carbocycles. The molecular formula is C20H18F6N2O. The van der Waals surface area contributed by atoms with Crippen molar-refractivity contribution in [1.29, 1.82) is 0 Å². The molecule has 156 valence electrons. The number of carbonyl (C=O) groups excluding carboxylic acids is 1. The van der Waals surface area contributed by atoms with E-state index in [2.05, 4.69) is 5.32 Å². The van der Waals surface area contributed by atoms with Crippen LogP contribution in [0, 0.1) is 0 Å². The lowest BCUT2D eigenvalue weighted by Crippen LogP contribution is -2.40. The number of rotatable bonds is 2. The van der Waals surface area contributed by atoms with Crippen LogP contribution in [0.1, 0.15) is 35.4 Å². The second kappa shape index (κ2) is 7.96. The van der Waals surface area contributed by atoms with Crippen LogP contribution in [0.25, 0.3) is 0 Å². The SMILES string of the molecule is O=C(Nc1ccc(C(F)(F)F)cc1)N1CCC(c2ccccc2C(F)(F)F)CC1. The monoisotopic (exact) mass is 416 g/mol. The summed E-state index contributed by atoms with van der Waals surface area (Å²) >= 11 is 0. The highest BCUT2D eigenvalue weighted by molar-refractivity contribution is 5.89. The molecule has 1 saturated heterocycles. The van der Waals surface area contributed by atoms with E-state index >= 15 is 0 Å². The maximum absolute atomic E-state index is 13.2. The number of hydrogen-bond donors (Lipinski definition) is 1. The molecule has 0 saturated carbocycles. The van der Waals surface area contributed by atoms with Crippen molar-refractivity contribution >= 4 is 11.7 Å². The van der Waals surface area contributed by atoms with Gasteiger partial charge in [-0.3, -0.25) is 0 Å². The molecule has 2 amide bonds. The molecule has 0 atom stereocenters. The van der Waals surface area contributed by atoms with Gasteiger partial charge in [0.25, 0.3) is 0 Å². The summed E-state index contributed by atoms with van der Waals surface area (Å²) in [6.07, 6.45) is -8.16. The topological polar surface area (TPSA) is 32.3 Å². The zero-order valence-electron chi connectivity index (χ0n) is 15.1. The number of halogens is 6. The van der Waals surface area contributed by atoms with Gasteiger partial charge in [-0.2, -0.15) is 26.3 Å². The van der Waals surface area contributed by atoms with E-state index in [9.17, 15) is 31.1 Å². The highest BCUT2D eigenvalue weighted by Gasteiger charge is 2.36. The minimum Gasteiger partial charge on any atom is -0.324 e. The van der Waals surface area contributed by atoms with E-state index in [1.807, 2.05) is 0 Å². The molecule has 1 N–H and O–H groups in total. The number of nitrogens with zero attached hydrogens (tertiary/aromatic N) is 1. The summed E-state index contributed by atoms with van der Waals surface area (Å²) in [4.78, 5) is 13.8. The van der Waals surface area contributed by atoms with Crippen LogP contribution >= 0.6 is 0 Å². The predicted octanol–water partition coefficient (Wildman–Crippen LogP) is 6.14. The smallest absolute Gasteiger partial charge is 0.324 e. The molecule has 0 unspecified atom stereocenters. The Kier molecular flexibility index (Phi) is 5.77. The van der Waals surface area contributed by atoms with Crippen LogP contribution in [0.2, 0.25) is 0 Å². The number of nitrogens with one attached hydrogen (secondary N) is 1. The van der Waals surface area contributed by atoms with Crippen molar-refractivity contribution in [2.45, 2.75) is 31.1 Å². The van der Waals surface area contributed by atoms with E-state index in [1.165, 1.54) is 17.0 Å². The molecule has 29 heavy (non-hydrogen) atoms. The van der Waals surface area contributed by atoms with Gasteiger partial charge < -0.3 is 10.2 Å². The van der Waals surface area contributed by atoms with Crippen molar-refractivity contribution in [3.63, 3.8) is 0 Å². The number of piperidine rings is 1. The summed E-state index contributed by atoms with van der Waals surface area (Å²) in [6.45, 7) is 0.507. The number of benzene rings is 2. The van der Waals surface area contributed by atoms with Gasteiger partial charge in [0, 0.05) is 18.8 Å². The van der Waals surface area contributed by atoms with E-state index in [0.29, 0.717) is 12.8 Å². The highest BCUT2D eigenvalue weighted by Crippen LogP contribution is 2.38. The third kappa shape index (κ3) is 5.02. The van der Waals surface area contributed by atoms with Crippen molar-refractivity contribution in [3.05, 3.63) is 65.2 Å². The summed E-state index contributed by atoms with van der Waals surface area (Å²) in [5, 5.41) is 2.52. The van der Waals surface area contributed by atoms with Gasteiger partial charge in [-0.05, 0) is 54.7 Å². The van der Waals surface area contributed by atoms with Gasteiger partial charge in [0.2, 0.25) is 0 Å². The van der Waals surface area contributed by atoms with Gasteiger partial charge >= 0.3 is 18.4 Å². The Labute approximate surface area is 163 Å². The Morgan fingerprint density at radius 2 is 1.45 bits per heavy atom. The number of hydrogen-bond acceptors (Lipinski definition) is 1. The molecule has 1 aliphatic heterocycles. The number of anilines is 1. The molecule has 2 aromatic rings. The molecule has 3 rings (SSSR count). The van der Waals surface area contributed by atoms with Crippen LogP contribution in [0.5, 0.6) is 0 Å². The molecule has 3 nitrogen and oxygen atoms in total. The number of carbonyl (C=O) groups is 1. The summed E-state index contributed by atoms with van der Waals surface area (Å²) in [7, 11) is 0. The summed E-state index contributed by atoms with van der Waals surface area (Å²) in [6, 6.07) is 9.00. The molecule has 1 fully saturated rings. The fourth-order valence-corrected chi connectivity index (χ4v) is 3.45. The largest absolute Gasteiger partial charge is 0.416 e. The van der Waals surface area contributed by atoms with Gasteiger partial charge in [-0.25, -0.2) is 4.79 Å². The predicted molar refractivity (Wildman–Crippen MR) is 95.5 cm³/mol. The van der Waals surface area contributed by atoms with Crippen LogP contribution < -0.4 is 5.32 Å². The van der Waals surface area contributed by atoms with Crippen molar-refractivity contribution in [2.24, 2.45) is 0 Å². The van der Waals surface area contributed by atoms with Crippen molar-refractivity contribution in [2.75, 3.05) is 18.4 Å². The highest BCUT2D eigenvalue weighted by atomic mass is 19.4. The second-order valence-electron chi connectivity index (χ2n) is 6.85. The maximum atomic E-state index is 13.2. The van der Waals surface area contributed by atoms with Crippen molar-refractivity contribution in [1.82, 2.24) is 4.90 Å². The van der Waals surface area contributed by atoms with Crippen LogP contribution in [0.3, 0.4) is 0 Å². The molecule has 1 aliphatic rings. The van der Waals surface area contributed by atoms with Gasteiger partial charge in [-0.15, -0.1) is 0 Å². The van der Waals surface area contributed by atoms with Crippen LogP contribution in [-0.4, -0.2) is 24.0 Å². The lowest BCUT2D eigenvalue weighted by atomic mass is 9.86. The molecular weight excluding hydrogens is 398 g/mol. The standard InChI is InChI=1S/C20H18F6N2O/c21-19(22,23)14-5-7-15(8-6-14)27-18(29)28-11-9-13(10-12-28)16-3-1-2-4-17(16)20(24,25)26/h1-8,13H,9-12H2,(H,27,29). The lowest BCUT2D eigenvalue weighted by molar-refractivity contribution is -0.139. The Bertz CT molecular complexity index is 853. The second-order valence-corrected chi connectivity index (χ2v) is 6.85. The number of alkyl halides is 6. The number of amides is 2.